The minimum atomic E-state index is -0.541. The van der Waals surface area contributed by atoms with Crippen molar-refractivity contribution in [3.05, 3.63) is 98.5 Å². The summed E-state index contributed by atoms with van der Waals surface area (Å²) in [6.45, 7) is 4.54. The quantitative estimate of drug-likeness (QED) is 0.191. The predicted octanol–water partition coefficient (Wildman–Crippen LogP) is 7.48. The second-order valence-corrected chi connectivity index (χ2v) is 9.98. The van der Waals surface area contributed by atoms with Crippen molar-refractivity contribution in [3.8, 4) is 11.4 Å². The molecule has 0 saturated carbocycles. The first-order chi connectivity index (χ1) is 18.4. The number of aromatic nitrogens is 2. The Morgan fingerprint density at radius 1 is 1.00 bits per heavy atom. The van der Waals surface area contributed by atoms with E-state index < -0.39 is 6.04 Å². The summed E-state index contributed by atoms with van der Waals surface area (Å²) in [5.74, 6) is 0.772. The molecule has 0 spiro atoms. The van der Waals surface area contributed by atoms with Crippen LogP contribution in [0.2, 0.25) is 10.0 Å². The van der Waals surface area contributed by atoms with Gasteiger partial charge in [-0.25, -0.2) is 4.98 Å². The summed E-state index contributed by atoms with van der Waals surface area (Å²) in [6, 6.07) is 18.9. The van der Waals surface area contributed by atoms with E-state index in [0.717, 1.165) is 25.7 Å². The second kappa shape index (κ2) is 12.5. The van der Waals surface area contributed by atoms with Crippen molar-refractivity contribution in [1.82, 2.24) is 14.5 Å². The molecule has 1 atom stereocenters. The van der Waals surface area contributed by atoms with Gasteiger partial charge < -0.3 is 9.64 Å². The monoisotopic (exact) mass is 551 g/mol. The summed E-state index contributed by atoms with van der Waals surface area (Å²) in [6.07, 6.45) is 3.95. The van der Waals surface area contributed by atoms with Gasteiger partial charge in [0.1, 0.15) is 11.6 Å². The number of rotatable bonds is 10. The Balaban J connectivity index is 1.89. The van der Waals surface area contributed by atoms with E-state index in [1.165, 1.54) is 0 Å². The standard InChI is InChI=1S/C30H31Cl2N3O3/c1-4-5-6-11-18-34(29(36)21-16-17-23(31)24(32)19-21)20(2)28-33-25-13-8-7-12-22(25)30(37)35(28)26-14-9-10-15-27(26)38-3/h7-10,12-17,19-20H,4-6,11,18H2,1-3H3. The largest absolute Gasteiger partial charge is 0.495 e. The number of ether oxygens (including phenoxy) is 1. The molecule has 1 heterocycles. The van der Waals surface area contributed by atoms with E-state index in [9.17, 15) is 9.59 Å². The van der Waals surface area contributed by atoms with Gasteiger partial charge in [-0.2, -0.15) is 0 Å². The molecule has 0 aliphatic carbocycles. The molecule has 1 amide bonds. The number of unbranched alkanes of at least 4 members (excludes halogenated alkanes) is 3. The molecule has 38 heavy (non-hydrogen) atoms. The molecule has 198 valence electrons. The lowest BCUT2D eigenvalue weighted by atomic mass is 10.1. The normalized spacial score (nSPS) is 11.9. The number of carbonyl (C=O) groups is 1. The molecule has 0 saturated heterocycles. The molecular formula is C30H31Cl2N3O3. The Morgan fingerprint density at radius 3 is 2.47 bits per heavy atom. The maximum absolute atomic E-state index is 13.9. The van der Waals surface area contributed by atoms with Crippen LogP contribution >= 0.6 is 23.2 Å². The van der Waals surface area contributed by atoms with E-state index in [1.807, 2.05) is 43.3 Å². The van der Waals surface area contributed by atoms with Gasteiger partial charge in [0, 0.05) is 12.1 Å². The Morgan fingerprint density at radius 2 is 1.74 bits per heavy atom. The van der Waals surface area contributed by atoms with Gasteiger partial charge >= 0.3 is 0 Å². The van der Waals surface area contributed by atoms with Crippen molar-refractivity contribution in [2.24, 2.45) is 0 Å². The smallest absolute Gasteiger partial charge is 0.266 e. The zero-order valence-corrected chi connectivity index (χ0v) is 23.3. The van der Waals surface area contributed by atoms with E-state index in [4.69, 9.17) is 32.9 Å². The summed E-state index contributed by atoms with van der Waals surface area (Å²) < 4.78 is 7.16. The number of methoxy groups -OCH3 is 1. The van der Waals surface area contributed by atoms with Gasteiger partial charge in [0.15, 0.2) is 0 Å². The molecule has 1 aromatic heterocycles. The van der Waals surface area contributed by atoms with E-state index in [1.54, 1.807) is 46.9 Å². The van der Waals surface area contributed by atoms with Crippen molar-refractivity contribution in [1.29, 1.82) is 0 Å². The van der Waals surface area contributed by atoms with Crippen LogP contribution in [0.15, 0.2) is 71.5 Å². The Hall–Kier alpha value is -3.35. The predicted molar refractivity (Wildman–Crippen MR) is 154 cm³/mol. The van der Waals surface area contributed by atoms with Gasteiger partial charge in [-0.1, -0.05) is 73.7 Å². The lowest BCUT2D eigenvalue weighted by molar-refractivity contribution is 0.0677. The first kappa shape index (κ1) is 27.7. The highest BCUT2D eigenvalue weighted by Crippen LogP contribution is 2.30. The van der Waals surface area contributed by atoms with Crippen molar-refractivity contribution in [3.63, 3.8) is 0 Å². The van der Waals surface area contributed by atoms with Gasteiger partial charge in [0.2, 0.25) is 0 Å². The van der Waals surface area contributed by atoms with Crippen LogP contribution in [0.1, 0.15) is 61.8 Å². The first-order valence-corrected chi connectivity index (χ1v) is 13.5. The van der Waals surface area contributed by atoms with E-state index in [2.05, 4.69) is 6.92 Å². The van der Waals surface area contributed by atoms with Crippen LogP contribution in [-0.2, 0) is 0 Å². The number of carbonyl (C=O) groups excluding carboxylic acids is 1. The van der Waals surface area contributed by atoms with Crippen LogP contribution in [0, 0.1) is 0 Å². The SMILES string of the molecule is CCCCCCN(C(=O)c1ccc(Cl)c(Cl)c1)C(C)c1nc2ccccc2c(=O)n1-c1ccccc1OC. The topological polar surface area (TPSA) is 64.4 Å². The summed E-state index contributed by atoms with van der Waals surface area (Å²) in [5.41, 5.74) is 1.33. The Labute approximate surface area is 232 Å². The highest BCUT2D eigenvalue weighted by Gasteiger charge is 2.28. The molecule has 4 rings (SSSR count). The van der Waals surface area contributed by atoms with Crippen LogP contribution in [0.3, 0.4) is 0 Å². The van der Waals surface area contributed by atoms with Crippen molar-refractivity contribution >= 4 is 40.0 Å². The number of fused-ring (bicyclic) bond motifs is 1. The first-order valence-electron chi connectivity index (χ1n) is 12.8. The molecule has 0 fully saturated rings. The van der Waals surface area contributed by atoms with Gasteiger partial charge in [0.25, 0.3) is 11.5 Å². The van der Waals surface area contributed by atoms with Gasteiger partial charge in [0.05, 0.1) is 39.8 Å². The fourth-order valence-electron chi connectivity index (χ4n) is 4.59. The van der Waals surface area contributed by atoms with Crippen molar-refractivity contribution in [2.45, 2.75) is 45.6 Å². The van der Waals surface area contributed by atoms with Crippen LogP contribution in [0.4, 0.5) is 0 Å². The lowest BCUT2D eigenvalue weighted by Gasteiger charge is -2.31. The Kier molecular flexibility index (Phi) is 9.08. The maximum Gasteiger partial charge on any atom is 0.266 e. The summed E-state index contributed by atoms with van der Waals surface area (Å²) in [7, 11) is 1.56. The van der Waals surface area contributed by atoms with Crippen LogP contribution < -0.4 is 10.3 Å². The number of hydrogen-bond acceptors (Lipinski definition) is 4. The van der Waals surface area contributed by atoms with Gasteiger partial charge in [-0.3, -0.25) is 14.2 Å². The van der Waals surface area contributed by atoms with Gasteiger partial charge in [-0.05, 0) is 55.8 Å². The second-order valence-electron chi connectivity index (χ2n) is 9.16. The summed E-state index contributed by atoms with van der Waals surface area (Å²) in [4.78, 5) is 34.5. The van der Waals surface area contributed by atoms with E-state index in [-0.39, 0.29) is 11.5 Å². The molecule has 0 bridgehead atoms. The molecule has 6 nitrogen and oxygen atoms in total. The number of para-hydroxylation sites is 3. The van der Waals surface area contributed by atoms with E-state index in [0.29, 0.717) is 50.3 Å². The van der Waals surface area contributed by atoms with Crippen molar-refractivity contribution in [2.75, 3.05) is 13.7 Å². The molecule has 0 N–H and O–H groups in total. The number of amides is 1. The highest BCUT2D eigenvalue weighted by atomic mass is 35.5. The zero-order chi connectivity index (χ0) is 27.2. The maximum atomic E-state index is 13.9. The minimum Gasteiger partial charge on any atom is -0.495 e. The molecule has 4 aromatic rings. The van der Waals surface area contributed by atoms with Crippen molar-refractivity contribution < 1.29 is 9.53 Å². The molecule has 0 aliphatic heterocycles. The van der Waals surface area contributed by atoms with Gasteiger partial charge in [-0.15, -0.1) is 0 Å². The lowest BCUT2D eigenvalue weighted by Crippen LogP contribution is -2.38. The molecular weight excluding hydrogens is 521 g/mol. The molecule has 1 unspecified atom stereocenters. The highest BCUT2D eigenvalue weighted by molar-refractivity contribution is 6.42. The molecule has 0 aliphatic rings. The third-order valence-electron chi connectivity index (χ3n) is 6.65. The number of nitrogens with zero attached hydrogens (tertiary/aromatic N) is 3. The number of halogens is 2. The molecule has 3 aromatic carbocycles. The fraction of sp³-hybridized carbons (Fsp3) is 0.300. The number of hydrogen-bond donors (Lipinski definition) is 0. The summed E-state index contributed by atoms with van der Waals surface area (Å²) >= 11 is 12.4. The fourth-order valence-corrected chi connectivity index (χ4v) is 4.89. The molecule has 8 heteroatoms. The minimum absolute atomic E-state index is 0.207. The van der Waals surface area contributed by atoms with E-state index >= 15 is 0 Å². The average Bonchev–Trinajstić information content (AvgIpc) is 2.94. The summed E-state index contributed by atoms with van der Waals surface area (Å²) in [5, 5.41) is 1.18. The van der Waals surface area contributed by atoms with Crippen LogP contribution in [0.5, 0.6) is 5.75 Å². The number of benzene rings is 3. The average molecular weight is 553 g/mol. The molecule has 0 radical (unpaired) electrons. The Bertz CT molecular complexity index is 1500. The third kappa shape index (κ3) is 5.71. The van der Waals surface area contributed by atoms with Crippen LogP contribution in [0.25, 0.3) is 16.6 Å². The zero-order valence-electron chi connectivity index (χ0n) is 21.8. The third-order valence-corrected chi connectivity index (χ3v) is 7.39. The van der Waals surface area contributed by atoms with Crippen LogP contribution in [-0.4, -0.2) is 34.0 Å².